The molecule has 6 nitrogen and oxygen atoms in total. The zero-order valence-corrected chi connectivity index (χ0v) is 20.0. The van der Waals surface area contributed by atoms with Crippen LogP contribution in [0.3, 0.4) is 0 Å². The Hall–Kier alpha value is -2.50. The van der Waals surface area contributed by atoms with E-state index in [0.29, 0.717) is 16.1 Å². The maximum atomic E-state index is 14.4. The van der Waals surface area contributed by atoms with Crippen LogP contribution in [0.4, 0.5) is 23.2 Å². The van der Waals surface area contributed by atoms with Crippen molar-refractivity contribution in [3.63, 3.8) is 0 Å². The molecule has 11 heteroatoms. The molecule has 3 unspecified atom stereocenters. The predicted octanol–water partition coefficient (Wildman–Crippen LogP) is 4.87. The van der Waals surface area contributed by atoms with Crippen LogP contribution in [0, 0.1) is 11.7 Å². The average Bonchev–Trinajstić information content (AvgIpc) is 2.79. The first-order valence-electron chi connectivity index (χ1n) is 10.8. The van der Waals surface area contributed by atoms with Crippen molar-refractivity contribution in [2.75, 3.05) is 11.9 Å². The van der Waals surface area contributed by atoms with E-state index in [1.54, 1.807) is 12.1 Å². The fourth-order valence-corrected chi connectivity index (χ4v) is 4.96. The lowest BCUT2D eigenvalue weighted by Crippen LogP contribution is -2.56. The molecule has 1 aliphatic rings. The topological polar surface area (TPSA) is 107 Å². The summed E-state index contributed by atoms with van der Waals surface area (Å²) >= 11 is 3.27. The number of anilines is 1. The molecule has 2 aromatic carbocycles. The molecule has 0 saturated heterocycles. The molecule has 35 heavy (non-hydrogen) atoms. The number of carboxylic acid groups (broad SMARTS) is 1. The van der Waals surface area contributed by atoms with E-state index in [1.807, 2.05) is 0 Å². The molecule has 0 aliphatic heterocycles. The molecule has 1 fully saturated rings. The van der Waals surface area contributed by atoms with Gasteiger partial charge in [0.15, 0.2) is 0 Å². The number of aliphatic carboxylic acids is 1. The van der Waals surface area contributed by atoms with Gasteiger partial charge in [-0.05, 0) is 68.0 Å². The number of alkyl halides is 3. The van der Waals surface area contributed by atoms with Gasteiger partial charge in [0.25, 0.3) is 0 Å². The van der Waals surface area contributed by atoms with Crippen LogP contribution in [0.2, 0.25) is 0 Å². The summed E-state index contributed by atoms with van der Waals surface area (Å²) in [5.74, 6) is -4.99. The third-order valence-corrected chi connectivity index (χ3v) is 7.10. The second kappa shape index (κ2) is 10.2. The van der Waals surface area contributed by atoms with Crippen LogP contribution >= 0.6 is 15.9 Å². The van der Waals surface area contributed by atoms with E-state index in [0.717, 1.165) is 6.07 Å². The van der Waals surface area contributed by atoms with Gasteiger partial charge < -0.3 is 20.6 Å². The first kappa shape index (κ1) is 27.1. The number of nitrogens with one attached hydrogen (secondary N) is 1. The highest BCUT2D eigenvalue weighted by atomic mass is 79.9. The minimum absolute atomic E-state index is 0.0355. The Labute approximate surface area is 207 Å². The number of rotatable bonds is 7. The SMILES string of the molecule is O=C(Nc1ccc(C(F)(F)F)cc1F)C1CC(O)(CCCO)CCC1(C(=O)O)c1ccc(Br)cc1. The van der Waals surface area contributed by atoms with Gasteiger partial charge in [-0.25, -0.2) is 4.39 Å². The maximum Gasteiger partial charge on any atom is 0.416 e. The largest absolute Gasteiger partial charge is 0.481 e. The number of benzene rings is 2. The summed E-state index contributed by atoms with van der Waals surface area (Å²) in [7, 11) is 0. The van der Waals surface area contributed by atoms with Crippen LogP contribution in [0.25, 0.3) is 0 Å². The molecule has 1 amide bonds. The van der Waals surface area contributed by atoms with Crippen molar-refractivity contribution in [3.8, 4) is 0 Å². The summed E-state index contributed by atoms with van der Waals surface area (Å²) in [6.45, 7) is -0.216. The fraction of sp³-hybridized carbons (Fsp3) is 0.417. The number of hydrogen-bond donors (Lipinski definition) is 4. The standard InChI is InChI=1S/C24H24BrF4NO5/c25-16-5-2-14(3-6-16)23(21(33)34)10-9-22(35,8-1-11-31)13-17(23)20(32)30-19-7-4-15(12-18(19)26)24(27,28)29/h2-7,12,17,31,35H,1,8-11,13H2,(H,30,32)(H,33,34). The number of carbonyl (C=O) groups is 2. The van der Waals surface area contributed by atoms with Crippen LogP contribution in [0.15, 0.2) is 46.9 Å². The van der Waals surface area contributed by atoms with Gasteiger partial charge in [-0.15, -0.1) is 0 Å². The molecule has 4 N–H and O–H groups in total. The van der Waals surface area contributed by atoms with Crippen molar-refractivity contribution >= 4 is 33.5 Å². The van der Waals surface area contributed by atoms with Gasteiger partial charge in [0.05, 0.1) is 22.8 Å². The Morgan fingerprint density at radius 3 is 2.31 bits per heavy atom. The molecule has 0 heterocycles. The van der Waals surface area contributed by atoms with Crippen molar-refractivity contribution in [3.05, 3.63) is 63.9 Å². The van der Waals surface area contributed by atoms with E-state index in [-0.39, 0.29) is 44.8 Å². The molecule has 1 aliphatic carbocycles. The average molecular weight is 562 g/mol. The summed E-state index contributed by atoms with van der Waals surface area (Å²) in [5, 5.41) is 32.8. The highest BCUT2D eigenvalue weighted by Crippen LogP contribution is 2.49. The molecule has 1 saturated carbocycles. The van der Waals surface area contributed by atoms with E-state index in [1.165, 1.54) is 12.1 Å². The summed E-state index contributed by atoms with van der Waals surface area (Å²) in [6.07, 6.45) is -4.85. The van der Waals surface area contributed by atoms with Crippen molar-refractivity contribution in [2.45, 2.75) is 49.3 Å². The monoisotopic (exact) mass is 561 g/mol. The van der Waals surface area contributed by atoms with E-state index >= 15 is 0 Å². The Kier molecular flexibility index (Phi) is 7.93. The molecular formula is C24H24BrF4NO5. The van der Waals surface area contributed by atoms with Gasteiger partial charge >= 0.3 is 12.1 Å². The van der Waals surface area contributed by atoms with Gasteiger partial charge in [-0.3, -0.25) is 9.59 Å². The summed E-state index contributed by atoms with van der Waals surface area (Å²) in [4.78, 5) is 26.1. The van der Waals surface area contributed by atoms with Gasteiger partial charge in [-0.2, -0.15) is 13.2 Å². The summed E-state index contributed by atoms with van der Waals surface area (Å²) in [6, 6.07) is 7.90. The Balaban J connectivity index is 2.03. The summed E-state index contributed by atoms with van der Waals surface area (Å²) in [5.41, 5.74) is -4.72. The number of carbonyl (C=O) groups excluding carboxylic acids is 1. The van der Waals surface area contributed by atoms with E-state index < -0.39 is 52.1 Å². The molecule has 3 atom stereocenters. The minimum atomic E-state index is -4.78. The lowest BCUT2D eigenvalue weighted by Gasteiger charge is -2.47. The normalized spacial score (nSPS) is 24.7. The van der Waals surface area contributed by atoms with Crippen LogP contribution in [-0.4, -0.2) is 39.4 Å². The number of halogens is 5. The van der Waals surface area contributed by atoms with Gasteiger partial charge in [0.1, 0.15) is 11.2 Å². The van der Waals surface area contributed by atoms with Crippen LogP contribution in [-0.2, 0) is 21.2 Å². The molecule has 0 spiro atoms. The smallest absolute Gasteiger partial charge is 0.416 e. The molecule has 3 rings (SSSR count). The number of aliphatic hydroxyl groups is 2. The zero-order valence-electron chi connectivity index (χ0n) is 18.4. The molecule has 0 radical (unpaired) electrons. The van der Waals surface area contributed by atoms with E-state index in [4.69, 9.17) is 0 Å². The summed E-state index contributed by atoms with van der Waals surface area (Å²) < 4.78 is 53.7. The zero-order chi connectivity index (χ0) is 26.0. The maximum absolute atomic E-state index is 14.4. The first-order valence-corrected chi connectivity index (χ1v) is 11.6. The Morgan fingerprint density at radius 2 is 1.77 bits per heavy atom. The van der Waals surface area contributed by atoms with Crippen LogP contribution in [0.1, 0.15) is 43.2 Å². The quantitative estimate of drug-likeness (QED) is 0.361. The van der Waals surface area contributed by atoms with Crippen molar-refractivity contribution in [1.29, 1.82) is 0 Å². The molecule has 2 aromatic rings. The second-order valence-electron chi connectivity index (χ2n) is 8.77. The number of aliphatic hydroxyl groups excluding tert-OH is 1. The van der Waals surface area contributed by atoms with Crippen molar-refractivity contribution < 1.29 is 42.5 Å². The van der Waals surface area contributed by atoms with Crippen LogP contribution < -0.4 is 5.32 Å². The first-order chi connectivity index (χ1) is 16.3. The fourth-order valence-electron chi connectivity index (χ4n) is 4.70. The van der Waals surface area contributed by atoms with Gasteiger partial charge in [0.2, 0.25) is 5.91 Å². The van der Waals surface area contributed by atoms with Gasteiger partial charge in [0, 0.05) is 11.1 Å². The molecule has 0 bridgehead atoms. The van der Waals surface area contributed by atoms with E-state index in [2.05, 4.69) is 21.2 Å². The second-order valence-corrected chi connectivity index (χ2v) is 9.69. The minimum Gasteiger partial charge on any atom is -0.481 e. The highest BCUT2D eigenvalue weighted by molar-refractivity contribution is 9.10. The third-order valence-electron chi connectivity index (χ3n) is 6.58. The van der Waals surface area contributed by atoms with E-state index in [9.17, 15) is 42.5 Å². The Morgan fingerprint density at radius 1 is 1.11 bits per heavy atom. The lowest BCUT2D eigenvalue weighted by molar-refractivity contribution is -0.157. The third kappa shape index (κ3) is 5.68. The molecule has 190 valence electrons. The highest BCUT2D eigenvalue weighted by Gasteiger charge is 2.57. The molecular weight excluding hydrogens is 538 g/mol. The Bertz CT molecular complexity index is 1090. The van der Waals surface area contributed by atoms with Crippen molar-refractivity contribution in [1.82, 2.24) is 0 Å². The predicted molar refractivity (Wildman–Crippen MR) is 122 cm³/mol. The number of carboxylic acids is 1. The van der Waals surface area contributed by atoms with Crippen LogP contribution in [0.5, 0.6) is 0 Å². The molecule has 0 aromatic heterocycles. The van der Waals surface area contributed by atoms with Gasteiger partial charge in [-0.1, -0.05) is 28.1 Å². The number of amides is 1. The number of hydrogen-bond acceptors (Lipinski definition) is 4. The lowest BCUT2D eigenvalue weighted by atomic mass is 9.58. The van der Waals surface area contributed by atoms with Crippen molar-refractivity contribution in [2.24, 2.45) is 5.92 Å².